The second-order valence-electron chi connectivity index (χ2n) is 5.93. The van der Waals surface area contributed by atoms with Crippen LogP contribution in [0.15, 0.2) is 0 Å². The fraction of sp³-hybridized carbons (Fsp3) is 0.929. The number of hydrogen-bond acceptors (Lipinski definition) is 3. The molecule has 0 aromatic heterocycles. The average Bonchev–Trinajstić information content (AvgIpc) is 2.36. The molecule has 2 fully saturated rings. The van der Waals surface area contributed by atoms with E-state index in [1.807, 2.05) is 0 Å². The molecule has 0 heterocycles. The lowest BCUT2D eigenvalue weighted by atomic mass is 9.65. The topological polar surface area (TPSA) is 29.5 Å². The molecular weight excluding hydrogens is 214 g/mol. The first-order valence-corrected chi connectivity index (χ1v) is 6.82. The van der Waals surface area contributed by atoms with Crippen molar-refractivity contribution in [2.75, 3.05) is 21.2 Å². The zero-order valence-corrected chi connectivity index (χ0v) is 11.3. The van der Waals surface area contributed by atoms with E-state index in [9.17, 15) is 4.79 Å². The molecule has 0 aliphatic heterocycles. The van der Waals surface area contributed by atoms with Gasteiger partial charge in [-0.3, -0.25) is 0 Å². The van der Waals surface area contributed by atoms with Crippen LogP contribution in [0.3, 0.4) is 0 Å². The van der Waals surface area contributed by atoms with Gasteiger partial charge in [-0.1, -0.05) is 0 Å². The summed E-state index contributed by atoms with van der Waals surface area (Å²) in [6, 6.07) is 0.724. The van der Waals surface area contributed by atoms with Crippen LogP contribution in [0.5, 0.6) is 0 Å². The van der Waals surface area contributed by atoms with Crippen LogP contribution < -0.4 is 0 Å². The van der Waals surface area contributed by atoms with E-state index < -0.39 is 0 Å². The van der Waals surface area contributed by atoms with E-state index in [4.69, 9.17) is 4.74 Å². The molecule has 0 aromatic rings. The molecule has 0 aromatic carbocycles. The summed E-state index contributed by atoms with van der Waals surface area (Å²) in [5.41, 5.74) is 0. The molecule has 17 heavy (non-hydrogen) atoms. The van der Waals surface area contributed by atoms with Gasteiger partial charge in [0.05, 0.1) is 6.10 Å². The van der Waals surface area contributed by atoms with Gasteiger partial charge in [-0.05, 0) is 58.0 Å². The van der Waals surface area contributed by atoms with Crippen molar-refractivity contribution in [3.05, 3.63) is 0 Å². The number of ether oxygens (including phenoxy) is 1. The minimum Gasteiger partial charge on any atom is -0.380 e. The first-order valence-electron chi connectivity index (χ1n) is 6.82. The second kappa shape index (κ2) is 5.49. The van der Waals surface area contributed by atoms with Crippen molar-refractivity contribution < 1.29 is 9.53 Å². The summed E-state index contributed by atoms with van der Waals surface area (Å²) in [6.07, 6.45) is 7.26. The summed E-state index contributed by atoms with van der Waals surface area (Å²) in [6.45, 7) is 0. The summed E-state index contributed by atoms with van der Waals surface area (Å²) >= 11 is 0. The molecule has 2 aliphatic rings. The summed E-state index contributed by atoms with van der Waals surface area (Å²) in [5.74, 6) is 1.51. The molecular formula is C14H25NO2. The molecule has 2 saturated carbocycles. The maximum Gasteiger partial charge on any atom is 0.125 e. The molecule has 0 bridgehead atoms. The lowest BCUT2D eigenvalue weighted by molar-refractivity contribution is -0.124. The van der Waals surface area contributed by atoms with Crippen LogP contribution >= 0.6 is 0 Å². The molecule has 0 saturated heterocycles. The van der Waals surface area contributed by atoms with Gasteiger partial charge >= 0.3 is 0 Å². The first-order chi connectivity index (χ1) is 8.17. The van der Waals surface area contributed by atoms with Crippen LogP contribution in [-0.2, 0) is 9.53 Å². The molecule has 5 unspecified atom stereocenters. The molecule has 0 N–H and O–H groups in total. The van der Waals surface area contributed by atoms with E-state index in [0.29, 0.717) is 5.92 Å². The Hall–Kier alpha value is -0.410. The Kier molecular flexibility index (Phi) is 4.21. The van der Waals surface area contributed by atoms with Crippen molar-refractivity contribution in [3.63, 3.8) is 0 Å². The van der Waals surface area contributed by atoms with Gasteiger partial charge in [-0.15, -0.1) is 0 Å². The average molecular weight is 239 g/mol. The molecule has 98 valence electrons. The van der Waals surface area contributed by atoms with E-state index in [0.717, 1.165) is 24.7 Å². The van der Waals surface area contributed by atoms with Crippen molar-refractivity contribution in [2.45, 2.75) is 44.2 Å². The van der Waals surface area contributed by atoms with Crippen LogP contribution in [0.1, 0.15) is 32.1 Å². The number of carbonyl (C=O) groups excluding carboxylic acids is 1. The number of fused-ring (bicyclic) bond motifs is 1. The normalized spacial score (nSPS) is 42.2. The molecule has 5 atom stereocenters. The molecule has 0 amide bonds. The van der Waals surface area contributed by atoms with E-state index >= 15 is 0 Å². The Morgan fingerprint density at radius 3 is 2.53 bits per heavy atom. The van der Waals surface area contributed by atoms with Gasteiger partial charge in [0.1, 0.15) is 6.29 Å². The highest BCUT2D eigenvalue weighted by Crippen LogP contribution is 2.44. The Morgan fingerprint density at radius 2 is 1.94 bits per heavy atom. The molecule has 3 nitrogen and oxygen atoms in total. The maximum atomic E-state index is 11.1. The highest BCUT2D eigenvalue weighted by Gasteiger charge is 2.42. The van der Waals surface area contributed by atoms with Crippen LogP contribution in [-0.4, -0.2) is 44.5 Å². The third-order valence-electron chi connectivity index (χ3n) is 4.91. The number of carbonyl (C=O) groups is 1. The van der Waals surface area contributed by atoms with E-state index in [2.05, 4.69) is 19.0 Å². The zero-order valence-electron chi connectivity index (χ0n) is 11.3. The van der Waals surface area contributed by atoms with Crippen LogP contribution in [0.4, 0.5) is 0 Å². The summed E-state index contributed by atoms with van der Waals surface area (Å²) in [5, 5.41) is 0. The fourth-order valence-electron chi connectivity index (χ4n) is 3.88. The number of rotatable bonds is 3. The van der Waals surface area contributed by atoms with E-state index in [-0.39, 0.29) is 12.0 Å². The van der Waals surface area contributed by atoms with Gasteiger partial charge < -0.3 is 14.4 Å². The van der Waals surface area contributed by atoms with Crippen LogP contribution in [0.2, 0.25) is 0 Å². The summed E-state index contributed by atoms with van der Waals surface area (Å²) in [4.78, 5) is 13.4. The second-order valence-corrected chi connectivity index (χ2v) is 5.93. The van der Waals surface area contributed by atoms with Crippen molar-refractivity contribution in [1.82, 2.24) is 4.90 Å². The predicted octanol–water partition coefficient (Wildman–Crippen LogP) is 1.96. The van der Waals surface area contributed by atoms with Gasteiger partial charge in [-0.2, -0.15) is 0 Å². The van der Waals surface area contributed by atoms with Crippen molar-refractivity contribution in [1.29, 1.82) is 0 Å². The van der Waals surface area contributed by atoms with Crippen molar-refractivity contribution in [2.24, 2.45) is 17.8 Å². The largest absolute Gasteiger partial charge is 0.380 e. The van der Waals surface area contributed by atoms with Gasteiger partial charge in [0.2, 0.25) is 0 Å². The predicted molar refractivity (Wildman–Crippen MR) is 67.9 cm³/mol. The highest BCUT2D eigenvalue weighted by atomic mass is 16.5. The minimum atomic E-state index is 0.136. The molecule has 2 aliphatic carbocycles. The molecule has 0 spiro atoms. The number of methoxy groups -OCH3 is 1. The Balaban J connectivity index is 2.04. The summed E-state index contributed by atoms with van der Waals surface area (Å²) in [7, 11) is 6.12. The van der Waals surface area contributed by atoms with Crippen LogP contribution in [0, 0.1) is 17.8 Å². The molecule has 0 radical (unpaired) electrons. The fourth-order valence-corrected chi connectivity index (χ4v) is 3.88. The van der Waals surface area contributed by atoms with Gasteiger partial charge in [0.25, 0.3) is 0 Å². The number of nitrogens with zero attached hydrogens (tertiary/aromatic N) is 1. The number of aldehydes is 1. The maximum absolute atomic E-state index is 11.1. The smallest absolute Gasteiger partial charge is 0.125 e. The zero-order chi connectivity index (χ0) is 12.4. The summed E-state index contributed by atoms with van der Waals surface area (Å²) < 4.78 is 5.61. The van der Waals surface area contributed by atoms with E-state index in [1.165, 1.54) is 25.7 Å². The van der Waals surface area contributed by atoms with Crippen LogP contribution in [0.25, 0.3) is 0 Å². The van der Waals surface area contributed by atoms with Crippen molar-refractivity contribution in [3.8, 4) is 0 Å². The lowest BCUT2D eigenvalue weighted by Crippen LogP contribution is -2.47. The third kappa shape index (κ3) is 2.55. The van der Waals surface area contributed by atoms with Crippen molar-refractivity contribution >= 4 is 6.29 Å². The quantitative estimate of drug-likeness (QED) is 0.705. The molecule has 3 heteroatoms. The number of hydrogen-bond donors (Lipinski definition) is 0. The minimum absolute atomic E-state index is 0.136. The van der Waals surface area contributed by atoms with Gasteiger partial charge in [-0.25, -0.2) is 0 Å². The Bertz CT molecular complexity index is 267. The lowest BCUT2D eigenvalue weighted by Gasteiger charge is -2.46. The standard InChI is InChI=1S/C14H25NO2/c1-15(2)12-6-7-13-10(8-12)4-5-11(9-16)14(13)17-3/h9-14H,4-8H2,1-3H3. The van der Waals surface area contributed by atoms with E-state index in [1.54, 1.807) is 7.11 Å². The monoisotopic (exact) mass is 239 g/mol. The van der Waals surface area contributed by atoms with Gasteiger partial charge in [0.15, 0.2) is 0 Å². The Morgan fingerprint density at radius 1 is 1.18 bits per heavy atom. The third-order valence-corrected chi connectivity index (χ3v) is 4.91. The van der Waals surface area contributed by atoms with Gasteiger partial charge in [0, 0.05) is 19.1 Å². The highest BCUT2D eigenvalue weighted by molar-refractivity contribution is 5.55. The molecule has 2 rings (SSSR count). The first kappa shape index (κ1) is 13.0. The Labute approximate surface area is 105 Å². The SMILES string of the molecule is COC1C(C=O)CCC2CC(N(C)C)CCC21.